The SMILES string of the molecule is CNc1cnc(C(=O)NC2CCC2)cn1. The molecule has 0 saturated heterocycles. The van der Waals surface area contributed by atoms with E-state index >= 15 is 0 Å². The number of anilines is 1. The fourth-order valence-electron chi connectivity index (χ4n) is 1.39. The molecule has 0 atom stereocenters. The van der Waals surface area contributed by atoms with Gasteiger partial charge >= 0.3 is 0 Å². The van der Waals surface area contributed by atoms with Gasteiger partial charge in [-0.05, 0) is 19.3 Å². The van der Waals surface area contributed by atoms with Crippen LogP contribution in [0.3, 0.4) is 0 Å². The van der Waals surface area contributed by atoms with E-state index in [4.69, 9.17) is 0 Å². The molecule has 1 saturated carbocycles. The molecular weight excluding hydrogens is 192 g/mol. The van der Waals surface area contributed by atoms with Gasteiger partial charge in [-0.25, -0.2) is 9.97 Å². The molecule has 2 N–H and O–H groups in total. The first-order chi connectivity index (χ1) is 7.29. The predicted octanol–water partition coefficient (Wildman–Crippen LogP) is 0.801. The van der Waals surface area contributed by atoms with Crippen LogP contribution in [-0.4, -0.2) is 29.0 Å². The van der Waals surface area contributed by atoms with Crippen molar-refractivity contribution in [2.24, 2.45) is 0 Å². The summed E-state index contributed by atoms with van der Waals surface area (Å²) in [5, 5.41) is 5.76. The van der Waals surface area contributed by atoms with E-state index < -0.39 is 0 Å². The summed E-state index contributed by atoms with van der Waals surface area (Å²) >= 11 is 0. The maximum absolute atomic E-state index is 11.6. The number of nitrogens with one attached hydrogen (secondary N) is 2. The van der Waals surface area contributed by atoms with Gasteiger partial charge in [0.25, 0.3) is 5.91 Å². The van der Waals surface area contributed by atoms with Crippen LogP contribution in [-0.2, 0) is 0 Å². The van der Waals surface area contributed by atoms with Gasteiger partial charge in [-0.1, -0.05) is 0 Å². The van der Waals surface area contributed by atoms with Crippen molar-refractivity contribution in [1.82, 2.24) is 15.3 Å². The number of carbonyl (C=O) groups excluding carboxylic acids is 1. The van der Waals surface area contributed by atoms with Crippen LogP contribution < -0.4 is 10.6 Å². The van der Waals surface area contributed by atoms with E-state index in [0.717, 1.165) is 12.8 Å². The van der Waals surface area contributed by atoms with Crippen LogP contribution >= 0.6 is 0 Å². The van der Waals surface area contributed by atoms with Crippen molar-refractivity contribution in [3.63, 3.8) is 0 Å². The summed E-state index contributed by atoms with van der Waals surface area (Å²) < 4.78 is 0. The molecule has 0 radical (unpaired) electrons. The van der Waals surface area contributed by atoms with Crippen LogP contribution in [0.1, 0.15) is 29.8 Å². The largest absolute Gasteiger partial charge is 0.372 e. The van der Waals surface area contributed by atoms with Crippen molar-refractivity contribution in [2.45, 2.75) is 25.3 Å². The molecule has 1 aromatic rings. The summed E-state index contributed by atoms with van der Waals surface area (Å²) in [4.78, 5) is 19.7. The van der Waals surface area contributed by atoms with Gasteiger partial charge in [0.05, 0.1) is 12.4 Å². The van der Waals surface area contributed by atoms with Gasteiger partial charge in [0.15, 0.2) is 0 Å². The van der Waals surface area contributed by atoms with E-state index in [1.807, 2.05) is 0 Å². The Bertz CT molecular complexity index is 345. The first-order valence-electron chi connectivity index (χ1n) is 5.10. The third kappa shape index (κ3) is 2.23. The molecule has 80 valence electrons. The number of nitrogens with zero attached hydrogens (tertiary/aromatic N) is 2. The van der Waals surface area contributed by atoms with Crippen molar-refractivity contribution < 1.29 is 4.79 Å². The average molecular weight is 206 g/mol. The normalized spacial score (nSPS) is 15.5. The Labute approximate surface area is 88.3 Å². The van der Waals surface area contributed by atoms with Crippen LogP contribution in [0.4, 0.5) is 5.82 Å². The molecule has 0 bridgehead atoms. The second kappa shape index (κ2) is 4.25. The lowest BCUT2D eigenvalue weighted by molar-refractivity contribution is 0.0911. The number of rotatable bonds is 3. The zero-order chi connectivity index (χ0) is 10.7. The van der Waals surface area contributed by atoms with Gasteiger partial charge in [-0.2, -0.15) is 0 Å². The van der Waals surface area contributed by atoms with Crippen LogP contribution in [0, 0.1) is 0 Å². The van der Waals surface area contributed by atoms with Crippen molar-refractivity contribution in [1.29, 1.82) is 0 Å². The lowest BCUT2D eigenvalue weighted by Crippen LogP contribution is -2.39. The van der Waals surface area contributed by atoms with Crippen molar-refractivity contribution in [3.8, 4) is 0 Å². The van der Waals surface area contributed by atoms with Crippen molar-refractivity contribution in [2.75, 3.05) is 12.4 Å². The molecule has 0 spiro atoms. The number of hydrogen-bond acceptors (Lipinski definition) is 4. The Morgan fingerprint density at radius 1 is 1.40 bits per heavy atom. The monoisotopic (exact) mass is 206 g/mol. The molecule has 1 fully saturated rings. The maximum Gasteiger partial charge on any atom is 0.271 e. The molecule has 5 nitrogen and oxygen atoms in total. The van der Waals surface area contributed by atoms with Crippen LogP contribution in [0.2, 0.25) is 0 Å². The van der Waals surface area contributed by atoms with Crippen LogP contribution in [0.5, 0.6) is 0 Å². The highest BCUT2D eigenvalue weighted by molar-refractivity contribution is 5.92. The summed E-state index contributed by atoms with van der Waals surface area (Å²) in [6.07, 6.45) is 6.40. The number of aromatic nitrogens is 2. The zero-order valence-corrected chi connectivity index (χ0v) is 8.66. The van der Waals surface area contributed by atoms with Gasteiger partial charge in [0.1, 0.15) is 11.5 Å². The number of hydrogen-bond donors (Lipinski definition) is 2. The fourth-order valence-corrected chi connectivity index (χ4v) is 1.39. The van der Waals surface area contributed by atoms with E-state index in [-0.39, 0.29) is 5.91 Å². The minimum atomic E-state index is -0.130. The molecule has 0 unspecified atom stereocenters. The lowest BCUT2D eigenvalue weighted by atomic mass is 9.93. The molecular formula is C10H14N4O. The Kier molecular flexibility index (Phi) is 2.80. The Balaban J connectivity index is 1.98. The third-order valence-electron chi connectivity index (χ3n) is 2.58. The van der Waals surface area contributed by atoms with Gasteiger partial charge in [0.2, 0.25) is 0 Å². The van der Waals surface area contributed by atoms with Crippen molar-refractivity contribution in [3.05, 3.63) is 18.1 Å². The number of amides is 1. The highest BCUT2D eigenvalue weighted by Crippen LogP contribution is 2.18. The molecule has 2 rings (SSSR count). The molecule has 1 aliphatic carbocycles. The summed E-state index contributed by atoms with van der Waals surface area (Å²) in [5.74, 6) is 0.532. The van der Waals surface area contributed by atoms with E-state index in [1.54, 1.807) is 13.2 Å². The second-order valence-corrected chi connectivity index (χ2v) is 3.64. The Hall–Kier alpha value is -1.65. The van der Waals surface area contributed by atoms with E-state index in [0.29, 0.717) is 17.6 Å². The highest BCUT2D eigenvalue weighted by Gasteiger charge is 2.20. The minimum absolute atomic E-state index is 0.130. The van der Waals surface area contributed by atoms with Gasteiger partial charge in [-0.15, -0.1) is 0 Å². The van der Waals surface area contributed by atoms with Gasteiger partial charge < -0.3 is 10.6 Å². The fraction of sp³-hybridized carbons (Fsp3) is 0.500. The quantitative estimate of drug-likeness (QED) is 0.767. The maximum atomic E-state index is 11.6. The molecule has 1 aromatic heterocycles. The Morgan fingerprint density at radius 3 is 2.67 bits per heavy atom. The summed E-state index contributed by atoms with van der Waals surface area (Å²) in [6.45, 7) is 0. The van der Waals surface area contributed by atoms with Gasteiger partial charge in [-0.3, -0.25) is 4.79 Å². The lowest BCUT2D eigenvalue weighted by Gasteiger charge is -2.25. The van der Waals surface area contributed by atoms with E-state index in [1.165, 1.54) is 12.6 Å². The summed E-state index contributed by atoms with van der Waals surface area (Å²) in [5.41, 5.74) is 0.376. The molecule has 0 aliphatic heterocycles. The van der Waals surface area contributed by atoms with Crippen LogP contribution in [0.15, 0.2) is 12.4 Å². The minimum Gasteiger partial charge on any atom is -0.372 e. The van der Waals surface area contributed by atoms with Crippen LogP contribution in [0.25, 0.3) is 0 Å². The molecule has 1 aliphatic rings. The summed E-state index contributed by atoms with van der Waals surface area (Å²) in [6, 6.07) is 0.336. The molecule has 1 amide bonds. The zero-order valence-electron chi connectivity index (χ0n) is 8.66. The molecule has 15 heavy (non-hydrogen) atoms. The topological polar surface area (TPSA) is 66.9 Å². The van der Waals surface area contributed by atoms with E-state index in [2.05, 4.69) is 20.6 Å². The predicted molar refractivity (Wildman–Crippen MR) is 56.7 cm³/mol. The molecule has 1 heterocycles. The third-order valence-corrected chi connectivity index (χ3v) is 2.58. The van der Waals surface area contributed by atoms with Crippen molar-refractivity contribution >= 4 is 11.7 Å². The average Bonchev–Trinajstić information content (AvgIpc) is 2.23. The molecule has 0 aromatic carbocycles. The molecule has 5 heteroatoms. The first-order valence-corrected chi connectivity index (χ1v) is 5.10. The second-order valence-electron chi connectivity index (χ2n) is 3.64. The standard InChI is InChI=1S/C10H14N4O/c1-11-9-6-12-8(5-13-9)10(15)14-7-3-2-4-7/h5-7H,2-4H2,1H3,(H,11,13)(H,14,15). The highest BCUT2D eigenvalue weighted by atomic mass is 16.1. The van der Waals surface area contributed by atoms with Gasteiger partial charge in [0, 0.05) is 13.1 Å². The first kappa shape index (κ1) is 9.89. The summed E-state index contributed by atoms with van der Waals surface area (Å²) in [7, 11) is 1.76. The van der Waals surface area contributed by atoms with E-state index in [9.17, 15) is 4.79 Å². The Morgan fingerprint density at radius 2 is 2.20 bits per heavy atom. The number of carbonyl (C=O) groups is 1. The smallest absolute Gasteiger partial charge is 0.271 e.